The second-order valence-electron chi connectivity index (χ2n) is 3.55. The summed E-state index contributed by atoms with van der Waals surface area (Å²) in [5.74, 6) is -2.24. The van der Waals surface area contributed by atoms with Crippen molar-refractivity contribution in [1.29, 1.82) is 0 Å². The first kappa shape index (κ1) is 12.1. The van der Waals surface area contributed by atoms with Gasteiger partial charge in [0, 0.05) is 17.6 Å². The summed E-state index contributed by atoms with van der Waals surface area (Å²) >= 11 is 0. The van der Waals surface area contributed by atoms with Crippen molar-refractivity contribution >= 4 is 12.6 Å². The van der Waals surface area contributed by atoms with Crippen molar-refractivity contribution in [1.82, 2.24) is 4.90 Å². The molecule has 0 radical (unpaired) electrons. The molecule has 82 valence electrons. The lowest BCUT2D eigenvalue weighted by molar-refractivity contribution is 0.385. The fraction of sp³-hybridized carbons (Fsp3) is 0.333. The predicted octanol–water partition coefficient (Wildman–Crippen LogP) is -0.294. The van der Waals surface area contributed by atoms with Crippen molar-refractivity contribution in [3.8, 4) is 0 Å². The Morgan fingerprint density at radius 1 is 1.20 bits per heavy atom. The molecule has 0 fully saturated rings. The Labute approximate surface area is 87.1 Å². The quantitative estimate of drug-likeness (QED) is 0.680. The van der Waals surface area contributed by atoms with Gasteiger partial charge in [-0.25, -0.2) is 8.78 Å². The maximum atomic E-state index is 13.4. The standard InChI is InChI=1S/C9H12BF2NO2/c1-13(2)5-6-3-4-7(10(14)15)9(12)8(6)11/h3-4,14-15H,5H2,1-2H3. The van der Waals surface area contributed by atoms with Crippen LogP contribution in [0.3, 0.4) is 0 Å². The molecular formula is C9H12BF2NO2. The van der Waals surface area contributed by atoms with Gasteiger partial charge in [0.15, 0.2) is 11.6 Å². The van der Waals surface area contributed by atoms with E-state index in [0.717, 1.165) is 0 Å². The Bertz CT molecular complexity index is 358. The van der Waals surface area contributed by atoms with Gasteiger partial charge in [0.25, 0.3) is 0 Å². The largest absolute Gasteiger partial charge is 0.491 e. The van der Waals surface area contributed by atoms with E-state index in [9.17, 15) is 8.78 Å². The highest BCUT2D eigenvalue weighted by Crippen LogP contribution is 2.11. The van der Waals surface area contributed by atoms with Crippen LogP contribution in [0.2, 0.25) is 0 Å². The molecule has 0 aromatic heterocycles. The van der Waals surface area contributed by atoms with Crippen molar-refractivity contribution in [2.24, 2.45) is 0 Å². The van der Waals surface area contributed by atoms with Crippen LogP contribution in [-0.2, 0) is 6.54 Å². The number of hydrogen-bond donors (Lipinski definition) is 2. The van der Waals surface area contributed by atoms with Crippen LogP contribution in [0.15, 0.2) is 12.1 Å². The van der Waals surface area contributed by atoms with Crippen LogP contribution in [0.1, 0.15) is 5.56 Å². The molecule has 1 aromatic carbocycles. The third-order valence-corrected chi connectivity index (χ3v) is 1.96. The Morgan fingerprint density at radius 3 is 2.27 bits per heavy atom. The second-order valence-corrected chi connectivity index (χ2v) is 3.55. The first-order chi connectivity index (χ1) is 6.93. The molecule has 0 aliphatic heterocycles. The monoisotopic (exact) mass is 215 g/mol. The van der Waals surface area contributed by atoms with Gasteiger partial charge < -0.3 is 14.9 Å². The van der Waals surface area contributed by atoms with E-state index in [1.807, 2.05) is 0 Å². The molecule has 15 heavy (non-hydrogen) atoms. The molecule has 3 nitrogen and oxygen atoms in total. The third kappa shape index (κ3) is 2.74. The lowest BCUT2D eigenvalue weighted by atomic mass is 9.79. The third-order valence-electron chi connectivity index (χ3n) is 1.96. The SMILES string of the molecule is CN(C)Cc1ccc(B(O)O)c(F)c1F. The number of benzene rings is 1. The molecule has 0 spiro atoms. The number of hydrogen-bond acceptors (Lipinski definition) is 3. The zero-order chi connectivity index (χ0) is 11.6. The predicted molar refractivity (Wildman–Crippen MR) is 53.6 cm³/mol. The summed E-state index contributed by atoms with van der Waals surface area (Å²) in [6.45, 7) is 0.255. The van der Waals surface area contributed by atoms with E-state index in [4.69, 9.17) is 10.0 Å². The average molecular weight is 215 g/mol. The lowest BCUT2D eigenvalue weighted by Gasteiger charge is -2.12. The molecule has 0 amide bonds. The highest BCUT2D eigenvalue weighted by molar-refractivity contribution is 6.58. The van der Waals surface area contributed by atoms with Crippen LogP contribution in [0.4, 0.5) is 8.78 Å². The molecule has 0 heterocycles. The number of rotatable bonds is 3. The maximum Gasteiger partial charge on any atom is 0.491 e. The minimum absolute atomic E-state index is 0.182. The van der Waals surface area contributed by atoms with E-state index >= 15 is 0 Å². The Hall–Kier alpha value is -0.975. The topological polar surface area (TPSA) is 43.7 Å². The van der Waals surface area contributed by atoms with Crippen LogP contribution < -0.4 is 5.46 Å². The summed E-state index contributed by atoms with van der Waals surface area (Å²) < 4.78 is 26.6. The van der Waals surface area contributed by atoms with Gasteiger partial charge >= 0.3 is 7.12 Å². The lowest BCUT2D eigenvalue weighted by Crippen LogP contribution is -2.34. The van der Waals surface area contributed by atoms with Gasteiger partial charge in [-0.2, -0.15) is 0 Å². The molecule has 0 atom stereocenters. The van der Waals surface area contributed by atoms with E-state index in [0.29, 0.717) is 0 Å². The van der Waals surface area contributed by atoms with E-state index in [2.05, 4.69) is 0 Å². The smallest absolute Gasteiger partial charge is 0.423 e. The Balaban J connectivity index is 3.10. The number of halogens is 2. The van der Waals surface area contributed by atoms with E-state index in [-0.39, 0.29) is 12.1 Å². The van der Waals surface area contributed by atoms with Gasteiger partial charge in [-0.3, -0.25) is 0 Å². The molecule has 0 aliphatic carbocycles. The van der Waals surface area contributed by atoms with Gasteiger partial charge in [0.1, 0.15) is 0 Å². The first-order valence-corrected chi connectivity index (χ1v) is 4.41. The Kier molecular flexibility index (Phi) is 3.79. The minimum atomic E-state index is -1.99. The molecule has 1 rings (SSSR count). The first-order valence-electron chi connectivity index (χ1n) is 4.41. The molecule has 0 saturated carbocycles. The summed E-state index contributed by atoms with van der Waals surface area (Å²) in [5, 5.41) is 17.5. The maximum absolute atomic E-state index is 13.4. The molecular weight excluding hydrogens is 203 g/mol. The fourth-order valence-electron chi connectivity index (χ4n) is 1.27. The summed E-state index contributed by atoms with van der Waals surface area (Å²) in [5.41, 5.74) is -0.267. The van der Waals surface area contributed by atoms with Gasteiger partial charge in [-0.05, 0) is 14.1 Å². The zero-order valence-corrected chi connectivity index (χ0v) is 8.54. The van der Waals surface area contributed by atoms with E-state index < -0.39 is 24.2 Å². The van der Waals surface area contributed by atoms with Crippen molar-refractivity contribution in [3.05, 3.63) is 29.3 Å². The summed E-state index contributed by atoms with van der Waals surface area (Å²) in [6, 6.07) is 2.51. The van der Waals surface area contributed by atoms with Crippen LogP contribution >= 0.6 is 0 Å². The normalized spacial score (nSPS) is 10.9. The molecule has 0 unspecified atom stereocenters. The van der Waals surface area contributed by atoms with Crippen LogP contribution in [0.5, 0.6) is 0 Å². The van der Waals surface area contributed by atoms with Crippen molar-refractivity contribution in [3.63, 3.8) is 0 Å². The van der Waals surface area contributed by atoms with Gasteiger partial charge in [-0.15, -0.1) is 0 Å². The minimum Gasteiger partial charge on any atom is -0.423 e. The average Bonchev–Trinajstić information content (AvgIpc) is 2.12. The van der Waals surface area contributed by atoms with E-state index in [1.54, 1.807) is 19.0 Å². The van der Waals surface area contributed by atoms with Crippen LogP contribution in [0, 0.1) is 11.6 Å². The number of nitrogens with zero attached hydrogens (tertiary/aromatic N) is 1. The molecule has 2 N–H and O–H groups in total. The zero-order valence-electron chi connectivity index (χ0n) is 8.54. The molecule has 0 bridgehead atoms. The molecule has 0 saturated heterocycles. The fourth-order valence-corrected chi connectivity index (χ4v) is 1.27. The second kappa shape index (κ2) is 4.70. The highest BCUT2D eigenvalue weighted by atomic mass is 19.2. The van der Waals surface area contributed by atoms with Crippen molar-refractivity contribution in [2.75, 3.05) is 14.1 Å². The molecule has 0 aliphatic rings. The van der Waals surface area contributed by atoms with Gasteiger partial charge in [-0.1, -0.05) is 12.1 Å². The van der Waals surface area contributed by atoms with Crippen molar-refractivity contribution < 1.29 is 18.8 Å². The van der Waals surface area contributed by atoms with E-state index in [1.165, 1.54) is 12.1 Å². The highest BCUT2D eigenvalue weighted by Gasteiger charge is 2.21. The van der Waals surface area contributed by atoms with Crippen molar-refractivity contribution in [2.45, 2.75) is 6.54 Å². The summed E-state index contributed by atoms with van der Waals surface area (Å²) in [6.07, 6.45) is 0. The van der Waals surface area contributed by atoms with Gasteiger partial charge in [0.05, 0.1) is 0 Å². The van der Waals surface area contributed by atoms with Crippen LogP contribution in [0.25, 0.3) is 0 Å². The molecule has 1 aromatic rings. The Morgan fingerprint density at radius 2 is 1.80 bits per heavy atom. The molecule has 6 heteroatoms. The van der Waals surface area contributed by atoms with Crippen LogP contribution in [-0.4, -0.2) is 36.2 Å². The summed E-state index contributed by atoms with van der Waals surface area (Å²) in [4.78, 5) is 1.69. The van der Waals surface area contributed by atoms with Gasteiger partial charge in [0.2, 0.25) is 0 Å². The summed E-state index contributed by atoms with van der Waals surface area (Å²) in [7, 11) is 1.46.